The molecule has 74 heavy (non-hydrogen) atoms. The highest BCUT2D eigenvalue weighted by Gasteiger charge is 2.19. The van der Waals surface area contributed by atoms with Crippen LogP contribution in [-0.4, -0.2) is 37.2 Å². The van der Waals surface area contributed by atoms with E-state index in [4.69, 9.17) is 14.2 Å². The van der Waals surface area contributed by atoms with Crippen molar-refractivity contribution in [2.75, 3.05) is 13.2 Å². The van der Waals surface area contributed by atoms with E-state index < -0.39 is 6.10 Å². The Balaban J connectivity index is 4.30. The molecule has 0 aromatic heterocycles. The van der Waals surface area contributed by atoms with Gasteiger partial charge in [0.1, 0.15) is 13.2 Å². The molecule has 0 fully saturated rings. The molecule has 0 bridgehead atoms. The van der Waals surface area contributed by atoms with E-state index in [2.05, 4.69) is 32.9 Å². The van der Waals surface area contributed by atoms with Gasteiger partial charge in [0.25, 0.3) is 0 Å². The Bertz CT molecular complexity index is 1150. The maximum Gasteiger partial charge on any atom is 0.306 e. The molecule has 0 amide bonds. The van der Waals surface area contributed by atoms with Crippen LogP contribution in [0.5, 0.6) is 0 Å². The minimum absolute atomic E-state index is 0.0634. The van der Waals surface area contributed by atoms with Crippen LogP contribution in [-0.2, 0) is 28.6 Å². The number of carbonyl (C=O) groups is 3. The van der Waals surface area contributed by atoms with E-state index >= 15 is 0 Å². The maximum absolute atomic E-state index is 12.9. The predicted molar refractivity (Wildman–Crippen MR) is 321 cm³/mol. The predicted octanol–water partition coefficient (Wildman–Crippen LogP) is 22.8. The Morgan fingerprint density at radius 3 is 0.676 bits per heavy atom. The molecule has 0 N–H and O–H groups in total. The lowest BCUT2D eigenvalue weighted by Crippen LogP contribution is -2.30. The van der Waals surface area contributed by atoms with E-state index in [0.717, 1.165) is 57.8 Å². The fraction of sp³-hybridized carbons (Fsp3) is 0.926. The lowest BCUT2D eigenvalue weighted by Gasteiger charge is -2.18. The Hall–Kier alpha value is -1.85. The molecule has 0 aliphatic rings. The first kappa shape index (κ1) is 72.2. The molecule has 0 aliphatic carbocycles. The summed E-state index contributed by atoms with van der Waals surface area (Å²) < 4.78 is 17.0. The van der Waals surface area contributed by atoms with Gasteiger partial charge in [-0.3, -0.25) is 14.4 Å². The van der Waals surface area contributed by atoms with E-state index in [1.54, 1.807) is 0 Å². The van der Waals surface area contributed by atoms with Crippen LogP contribution >= 0.6 is 0 Å². The maximum atomic E-state index is 12.9. The van der Waals surface area contributed by atoms with Gasteiger partial charge in [-0.15, -0.1) is 0 Å². The number of unbranched alkanes of at least 4 members (excludes halogenated alkanes) is 50. The van der Waals surface area contributed by atoms with Gasteiger partial charge in [-0.2, -0.15) is 0 Å². The van der Waals surface area contributed by atoms with Gasteiger partial charge in [0.2, 0.25) is 0 Å². The van der Waals surface area contributed by atoms with E-state index in [1.807, 2.05) is 0 Å². The van der Waals surface area contributed by atoms with Gasteiger partial charge in [-0.1, -0.05) is 335 Å². The highest BCUT2D eigenvalue weighted by molar-refractivity contribution is 5.71. The zero-order valence-corrected chi connectivity index (χ0v) is 50.4. The molecule has 0 heterocycles. The Labute approximate surface area is 462 Å². The monoisotopic (exact) mass is 1040 g/mol. The van der Waals surface area contributed by atoms with Gasteiger partial charge >= 0.3 is 17.9 Å². The number of hydrogen-bond donors (Lipinski definition) is 0. The summed E-state index contributed by atoms with van der Waals surface area (Å²) in [5.41, 5.74) is 0. The standard InChI is InChI=1S/C68H130O6/c1-4-7-10-13-16-19-22-25-28-31-34-37-40-43-46-49-52-55-58-61-67(70)73-64-65(63-72-66(69)60-57-54-51-48-45-42-39-36-33-30-27-24-21-18-15-12-9-6-3)74-68(71)62-59-56-53-50-47-44-41-38-35-32-29-26-23-20-17-14-11-8-5-2/h25,28,65H,4-24,26-27,29-64H2,1-3H3/b28-25-/t65-/m1/s1. The summed E-state index contributed by atoms with van der Waals surface area (Å²) in [6, 6.07) is 0. The summed E-state index contributed by atoms with van der Waals surface area (Å²) >= 11 is 0. The zero-order chi connectivity index (χ0) is 53.6. The Morgan fingerprint density at radius 1 is 0.257 bits per heavy atom. The SMILES string of the molecule is CCCCCCCC/C=C\CCCCCCCCCCCC(=O)OC[C@@H](COC(=O)CCCCCCCCCCCCCCCCCCCC)OC(=O)CCCCCCCCCCCCCCCCCCCCC. The summed E-state index contributed by atoms with van der Waals surface area (Å²) in [5.74, 6) is -0.830. The van der Waals surface area contributed by atoms with Crippen molar-refractivity contribution in [1.29, 1.82) is 0 Å². The van der Waals surface area contributed by atoms with Crippen LogP contribution in [0.3, 0.4) is 0 Å². The van der Waals surface area contributed by atoms with Crippen molar-refractivity contribution in [2.24, 2.45) is 0 Å². The molecule has 0 aromatic carbocycles. The molecular formula is C68H130O6. The van der Waals surface area contributed by atoms with E-state index in [0.29, 0.717) is 19.3 Å². The third-order valence-corrected chi connectivity index (χ3v) is 15.5. The highest BCUT2D eigenvalue weighted by Crippen LogP contribution is 2.19. The summed E-state index contributed by atoms with van der Waals surface area (Å²) in [7, 11) is 0. The Kier molecular flexibility index (Phi) is 62.1. The Morgan fingerprint density at radius 2 is 0.446 bits per heavy atom. The molecule has 0 unspecified atom stereocenters. The molecule has 0 aliphatic heterocycles. The van der Waals surface area contributed by atoms with Crippen molar-refractivity contribution in [1.82, 2.24) is 0 Å². The van der Waals surface area contributed by atoms with Crippen molar-refractivity contribution in [3.05, 3.63) is 12.2 Å². The quantitative estimate of drug-likeness (QED) is 0.0261. The summed E-state index contributed by atoms with van der Waals surface area (Å²) in [4.78, 5) is 38.4. The molecule has 1 atom stereocenters. The first-order chi connectivity index (χ1) is 36.5. The van der Waals surface area contributed by atoms with Gasteiger partial charge < -0.3 is 14.2 Å². The summed E-state index contributed by atoms with van der Waals surface area (Å²) in [6.07, 6.45) is 75.1. The number of carbonyl (C=O) groups excluding carboxylic acids is 3. The number of ether oxygens (including phenoxy) is 3. The molecule has 438 valence electrons. The van der Waals surface area contributed by atoms with Crippen molar-refractivity contribution < 1.29 is 28.6 Å². The van der Waals surface area contributed by atoms with E-state index in [9.17, 15) is 14.4 Å². The largest absolute Gasteiger partial charge is 0.462 e. The first-order valence-corrected chi connectivity index (χ1v) is 33.7. The number of rotatable bonds is 63. The zero-order valence-electron chi connectivity index (χ0n) is 50.4. The second-order valence-electron chi connectivity index (χ2n) is 23.1. The summed E-state index contributed by atoms with van der Waals surface area (Å²) in [5, 5.41) is 0. The van der Waals surface area contributed by atoms with Gasteiger partial charge in [0.15, 0.2) is 6.10 Å². The van der Waals surface area contributed by atoms with Gasteiger partial charge in [0.05, 0.1) is 0 Å². The fourth-order valence-corrected chi connectivity index (χ4v) is 10.4. The molecule has 0 saturated carbocycles. The topological polar surface area (TPSA) is 78.9 Å². The first-order valence-electron chi connectivity index (χ1n) is 33.7. The van der Waals surface area contributed by atoms with E-state index in [1.165, 1.54) is 289 Å². The average Bonchev–Trinajstić information content (AvgIpc) is 3.40. The number of allylic oxidation sites excluding steroid dienone is 2. The highest BCUT2D eigenvalue weighted by atomic mass is 16.6. The van der Waals surface area contributed by atoms with Crippen LogP contribution in [0.25, 0.3) is 0 Å². The molecule has 6 nitrogen and oxygen atoms in total. The minimum atomic E-state index is -0.767. The van der Waals surface area contributed by atoms with Crippen LogP contribution in [0.2, 0.25) is 0 Å². The molecule has 0 rings (SSSR count). The number of esters is 3. The van der Waals surface area contributed by atoms with Crippen LogP contribution < -0.4 is 0 Å². The van der Waals surface area contributed by atoms with Gasteiger partial charge in [0, 0.05) is 19.3 Å². The molecule has 0 spiro atoms. The van der Waals surface area contributed by atoms with Gasteiger partial charge in [-0.05, 0) is 44.9 Å². The van der Waals surface area contributed by atoms with Crippen LogP contribution in [0.15, 0.2) is 12.2 Å². The summed E-state index contributed by atoms with van der Waals surface area (Å²) in [6.45, 7) is 6.73. The molecule has 0 saturated heterocycles. The van der Waals surface area contributed by atoms with Crippen LogP contribution in [0.4, 0.5) is 0 Å². The van der Waals surface area contributed by atoms with Crippen LogP contribution in [0.1, 0.15) is 387 Å². The lowest BCUT2D eigenvalue weighted by atomic mass is 10.0. The second-order valence-corrected chi connectivity index (χ2v) is 23.1. The van der Waals surface area contributed by atoms with Gasteiger partial charge in [-0.25, -0.2) is 0 Å². The van der Waals surface area contributed by atoms with E-state index in [-0.39, 0.29) is 31.1 Å². The molecular weight excluding hydrogens is 913 g/mol. The smallest absolute Gasteiger partial charge is 0.306 e. The molecule has 0 aromatic rings. The molecule has 6 heteroatoms. The third-order valence-electron chi connectivity index (χ3n) is 15.5. The van der Waals surface area contributed by atoms with Crippen molar-refractivity contribution in [3.63, 3.8) is 0 Å². The number of hydrogen-bond acceptors (Lipinski definition) is 6. The van der Waals surface area contributed by atoms with Crippen molar-refractivity contribution in [3.8, 4) is 0 Å². The molecule has 0 radical (unpaired) electrons. The minimum Gasteiger partial charge on any atom is -0.462 e. The average molecular weight is 1040 g/mol. The fourth-order valence-electron chi connectivity index (χ4n) is 10.4. The van der Waals surface area contributed by atoms with Crippen LogP contribution in [0, 0.1) is 0 Å². The van der Waals surface area contributed by atoms with Crippen molar-refractivity contribution >= 4 is 17.9 Å². The normalized spacial score (nSPS) is 12.0. The lowest BCUT2D eigenvalue weighted by molar-refractivity contribution is -0.167. The van der Waals surface area contributed by atoms with Crippen molar-refractivity contribution in [2.45, 2.75) is 393 Å². The second kappa shape index (κ2) is 63.7. The third kappa shape index (κ3) is 61.0.